The third-order valence-corrected chi connectivity index (χ3v) is 2.39. The van der Waals surface area contributed by atoms with Crippen molar-refractivity contribution in [2.75, 3.05) is 6.61 Å². The lowest BCUT2D eigenvalue weighted by Crippen LogP contribution is -2.20. The molecular weight excluding hydrogens is 164 g/mol. The van der Waals surface area contributed by atoms with Crippen LogP contribution in [0, 0.1) is 0 Å². The van der Waals surface area contributed by atoms with Crippen LogP contribution < -0.4 is 4.74 Å². The Balaban J connectivity index is 2.20. The summed E-state index contributed by atoms with van der Waals surface area (Å²) in [6.07, 6.45) is 2.59. The summed E-state index contributed by atoms with van der Waals surface area (Å²) in [4.78, 5) is 0. The third-order valence-electron chi connectivity index (χ3n) is 2.39. The van der Waals surface area contributed by atoms with Gasteiger partial charge < -0.3 is 9.84 Å². The summed E-state index contributed by atoms with van der Waals surface area (Å²) < 4.78 is 5.49. The molecule has 0 aliphatic carbocycles. The van der Waals surface area contributed by atoms with E-state index in [1.807, 2.05) is 18.2 Å². The zero-order valence-electron chi connectivity index (χ0n) is 7.57. The molecule has 70 valence electrons. The van der Waals surface area contributed by atoms with Crippen molar-refractivity contribution in [3.8, 4) is 5.75 Å². The minimum Gasteiger partial charge on any atom is -0.491 e. The monoisotopic (exact) mass is 178 g/mol. The van der Waals surface area contributed by atoms with Crippen LogP contribution in [0.4, 0.5) is 0 Å². The number of hydrogen-bond donors (Lipinski definition) is 1. The largest absolute Gasteiger partial charge is 0.491 e. The van der Waals surface area contributed by atoms with Gasteiger partial charge in [0, 0.05) is 0 Å². The number of benzene rings is 1. The summed E-state index contributed by atoms with van der Waals surface area (Å²) in [5, 5.41) is 9.41. The maximum Gasteiger partial charge on any atom is 0.122 e. The third kappa shape index (κ3) is 2.01. The van der Waals surface area contributed by atoms with Gasteiger partial charge in [-0.1, -0.05) is 18.2 Å². The minimum absolute atomic E-state index is 0.298. The van der Waals surface area contributed by atoms with Crippen LogP contribution in [0.2, 0.25) is 0 Å². The predicted molar refractivity (Wildman–Crippen MR) is 50.9 cm³/mol. The van der Waals surface area contributed by atoms with Gasteiger partial charge in [-0.05, 0) is 30.9 Å². The van der Waals surface area contributed by atoms with Gasteiger partial charge in [0.15, 0.2) is 0 Å². The van der Waals surface area contributed by atoms with Gasteiger partial charge in [0.05, 0.1) is 6.10 Å². The predicted octanol–water partition coefficient (Wildman–Crippen LogP) is 1.76. The molecule has 0 saturated heterocycles. The van der Waals surface area contributed by atoms with E-state index in [0.29, 0.717) is 6.61 Å². The first kappa shape index (κ1) is 8.57. The molecule has 1 aromatic carbocycles. The summed E-state index contributed by atoms with van der Waals surface area (Å²) in [7, 11) is 0. The molecule has 1 heterocycles. The standard InChI is InChI=1S/C11H14O2/c12-10-6-3-5-9-4-1-2-7-11(9)13-8-10/h1-2,4,7,10,12H,3,5-6,8H2. The average Bonchev–Trinajstić information content (AvgIpc) is 2.13. The molecule has 1 aliphatic rings. The second kappa shape index (κ2) is 3.79. The van der Waals surface area contributed by atoms with Crippen molar-refractivity contribution >= 4 is 0 Å². The Morgan fingerprint density at radius 1 is 1.31 bits per heavy atom. The maximum absolute atomic E-state index is 9.41. The smallest absolute Gasteiger partial charge is 0.122 e. The lowest BCUT2D eigenvalue weighted by atomic mass is 10.0. The molecule has 1 atom stereocenters. The fraction of sp³-hybridized carbons (Fsp3) is 0.455. The van der Waals surface area contributed by atoms with E-state index in [4.69, 9.17) is 4.74 Å². The topological polar surface area (TPSA) is 29.5 Å². The van der Waals surface area contributed by atoms with Gasteiger partial charge in [0.25, 0.3) is 0 Å². The average molecular weight is 178 g/mol. The maximum atomic E-state index is 9.41. The van der Waals surface area contributed by atoms with Crippen LogP contribution >= 0.6 is 0 Å². The van der Waals surface area contributed by atoms with Gasteiger partial charge in [0.1, 0.15) is 12.4 Å². The molecule has 2 nitrogen and oxygen atoms in total. The number of aliphatic hydroxyl groups excluding tert-OH is 1. The molecule has 2 rings (SSSR count). The molecule has 1 N–H and O–H groups in total. The van der Waals surface area contributed by atoms with E-state index in [0.717, 1.165) is 25.0 Å². The van der Waals surface area contributed by atoms with Gasteiger partial charge in [-0.25, -0.2) is 0 Å². The number of hydrogen-bond acceptors (Lipinski definition) is 2. The Bertz CT molecular complexity index is 283. The number of fused-ring (bicyclic) bond motifs is 1. The van der Waals surface area contributed by atoms with Crippen molar-refractivity contribution in [1.29, 1.82) is 0 Å². The van der Waals surface area contributed by atoms with Gasteiger partial charge in [-0.3, -0.25) is 0 Å². The highest BCUT2D eigenvalue weighted by Gasteiger charge is 2.11. The molecule has 0 amide bonds. The molecule has 1 aliphatic heterocycles. The van der Waals surface area contributed by atoms with E-state index in [-0.39, 0.29) is 6.10 Å². The molecular formula is C11H14O2. The van der Waals surface area contributed by atoms with Crippen molar-refractivity contribution in [3.05, 3.63) is 29.8 Å². The van der Waals surface area contributed by atoms with E-state index in [1.165, 1.54) is 5.56 Å². The van der Waals surface area contributed by atoms with Crippen LogP contribution in [0.3, 0.4) is 0 Å². The first-order valence-corrected chi connectivity index (χ1v) is 4.75. The molecule has 1 unspecified atom stereocenters. The molecule has 0 aromatic heterocycles. The highest BCUT2D eigenvalue weighted by atomic mass is 16.5. The highest BCUT2D eigenvalue weighted by Crippen LogP contribution is 2.22. The summed E-state index contributed by atoms with van der Waals surface area (Å²) in [6, 6.07) is 8.05. The molecule has 1 aromatic rings. The fourth-order valence-electron chi connectivity index (χ4n) is 1.65. The molecule has 0 fully saturated rings. The van der Waals surface area contributed by atoms with E-state index in [9.17, 15) is 5.11 Å². The number of aliphatic hydroxyl groups is 1. The zero-order valence-corrected chi connectivity index (χ0v) is 7.57. The second-order valence-electron chi connectivity index (χ2n) is 3.46. The first-order valence-electron chi connectivity index (χ1n) is 4.75. The van der Waals surface area contributed by atoms with Gasteiger partial charge in [0.2, 0.25) is 0 Å². The first-order chi connectivity index (χ1) is 6.36. The van der Waals surface area contributed by atoms with Crippen LogP contribution in [0.25, 0.3) is 0 Å². The Hall–Kier alpha value is -1.02. The van der Waals surface area contributed by atoms with Gasteiger partial charge >= 0.3 is 0 Å². The lowest BCUT2D eigenvalue weighted by Gasteiger charge is -2.18. The van der Waals surface area contributed by atoms with Crippen LogP contribution in [0.5, 0.6) is 5.75 Å². The zero-order chi connectivity index (χ0) is 9.10. The summed E-state index contributed by atoms with van der Waals surface area (Å²) >= 11 is 0. The number of rotatable bonds is 0. The summed E-state index contributed by atoms with van der Waals surface area (Å²) in [6.45, 7) is 0.428. The van der Waals surface area contributed by atoms with Crippen LogP contribution in [-0.2, 0) is 6.42 Å². The second-order valence-corrected chi connectivity index (χ2v) is 3.46. The number of para-hydroxylation sites is 1. The molecule has 0 saturated carbocycles. The Morgan fingerprint density at radius 2 is 2.15 bits per heavy atom. The Morgan fingerprint density at radius 3 is 3.08 bits per heavy atom. The summed E-state index contributed by atoms with van der Waals surface area (Å²) in [5.41, 5.74) is 1.26. The van der Waals surface area contributed by atoms with Crippen LogP contribution in [-0.4, -0.2) is 17.8 Å². The van der Waals surface area contributed by atoms with E-state index in [2.05, 4.69) is 6.07 Å². The van der Waals surface area contributed by atoms with Gasteiger partial charge in [-0.2, -0.15) is 0 Å². The van der Waals surface area contributed by atoms with E-state index in [1.54, 1.807) is 0 Å². The Labute approximate surface area is 78.2 Å². The molecule has 0 radical (unpaired) electrons. The molecule has 2 heteroatoms. The minimum atomic E-state index is -0.298. The molecule has 0 bridgehead atoms. The van der Waals surface area contributed by atoms with E-state index < -0.39 is 0 Å². The van der Waals surface area contributed by atoms with Crippen molar-refractivity contribution in [3.63, 3.8) is 0 Å². The van der Waals surface area contributed by atoms with Crippen molar-refractivity contribution in [2.24, 2.45) is 0 Å². The van der Waals surface area contributed by atoms with E-state index >= 15 is 0 Å². The quantitative estimate of drug-likeness (QED) is 0.656. The molecule has 0 spiro atoms. The van der Waals surface area contributed by atoms with Crippen molar-refractivity contribution in [1.82, 2.24) is 0 Å². The normalized spacial score (nSPS) is 22.4. The fourth-order valence-corrected chi connectivity index (χ4v) is 1.65. The lowest BCUT2D eigenvalue weighted by molar-refractivity contribution is 0.0937. The number of ether oxygens (including phenoxy) is 1. The number of aryl methyl sites for hydroxylation is 1. The SMILES string of the molecule is OC1CCCc2ccccc2OC1. The van der Waals surface area contributed by atoms with Crippen molar-refractivity contribution in [2.45, 2.75) is 25.4 Å². The van der Waals surface area contributed by atoms with Gasteiger partial charge in [-0.15, -0.1) is 0 Å². The highest BCUT2D eigenvalue weighted by molar-refractivity contribution is 5.33. The van der Waals surface area contributed by atoms with Crippen LogP contribution in [0.1, 0.15) is 18.4 Å². The summed E-state index contributed by atoms with van der Waals surface area (Å²) in [5.74, 6) is 0.932. The van der Waals surface area contributed by atoms with Crippen molar-refractivity contribution < 1.29 is 9.84 Å². The Kier molecular flexibility index (Phi) is 2.50. The molecule has 13 heavy (non-hydrogen) atoms. The van der Waals surface area contributed by atoms with Crippen LogP contribution in [0.15, 0.2) is 24.3 Å².